The summed E-state index contributed by atoms with van der Waals surface area (Å²) in [6, 6.07) is 0.648. The van der Waals surface area contributed by atoms with E-state index in [0.717, 1.165) is 25.2 Å². The van der Waals surface area contributed by atoms with Gasteiger partial charge in [-0.05, 0) is 38.6 Å². The van der Waals surface area contributed by atoms with E-state index >= 15 is 0 Å². The molecule has 96 valence electrons. The Labute approximate surface area is 103 Å². The normalized spacial score (nSPS) is 25.4. The van der Waals surface area contributed by atoms with Crippen molar-refractivity contribution in [3.05, 3.63) is 18.2 Å². The summed E-state index contributed by atoms with van der Waals surface area (Å²) in [5.41, 5.74) is 0. The Bertz CT molecular complexity index is 342. The van der Waals surface area contributed by atoms with E-state index in [1.807, 2.05) is 19.4 Å². The summed E-state index contributed by atoms with van der Waals surface area (Å²) < 4.78 is 2.08. The number of aromatic nitrogens is 2. The average molecular weight is 237 g/mol. The highest BCUT2D eigenvalue weighted by Gasteiger charge is 2.23. The molecule has 0 radical (unpaired) electrons. The third kappa shape index (κ3) is 3.07. The minimum Gasteiger partial charge on any atom is -0.396 e. The van der Waals surface area contributed by atoms with Crippen LogP contribution in [-0.2, 0) is 13.6 Å². The minimum absolute atomic E-state index is 0.357. The van der Waals surface area contributed by atoms with Crippen LogP contribution in [0.15, 0.2) is 12.4 Å². The fraction of sp³-hybridized carbons (Fsp3) is 0.769. The molecule has 0 aromatic carbocycles. The second-order valence-electron chi connectivity index (χ2n) is 5.23. The SMILES string of the molecule is CN(Cc1nccn1C)C1CCC(CO)CC1. The van der Waals surface area contributed by atoms with Gasteiger partial charge in [0.1, 0.15) is 5.82 Å². The highest BCUT2D eigenvalue weighted by Crippen LogP contribution is 2.27. The number of hydrogen-bond donors (Lipinski definition) is 1. The monoisotopic (exact) mass is 237 g/mol. The molecule has 1 saturated carbocycles. The molecule has 1 aliphatic carbocycles. The van der Waals surface area contributed by atoms with Gasteiger partial charge in [0.25, 0.3) is 0 Å². The molecule has 0 spiro atoms. The smallest absolute Gasteiger partial charge is 0.122 e. The Kier molecular flexibility index (Phi) is 4.18. The Morgan fingerprint density at radius 1 is 1.41 bits per heavy atom. The van der Waals surface area contributed by atoms with Crippen molar-refractivity contribution in [2.45, 2.75) is 38.3 Å². The van der Waals surface area contributed by atoms with Gasteiger partial charge in [-0.3, -0.25) is 4.90 Å². The van der Waals surface area contributed by atoms with E-state index in [-0.39, 0.29) is 0 Å². The van der Waals surface area contributed by atoms with Gasteiger partial charge in [0.05, 0.1) is 6.54 Å². The molecule has 0 bridgehead atoms. The van der Waals surface area contributed by atoms with Crippen molar-refractivity contribution in [1.82, 2.24) is 14.5 Å². The van der Waals surface area contributed by atoms with Crippen LogP contribution >= 0.6 is 0 Å². The molecular weight excluding hydrogens is 214 g/mol. The van der Waals surface area contributed by atoms with Gasteiger partial charge in [0.15, 0.2) is 0 Å². The first-order valence-corrected chi connectivity index (χ1v) is 6.48. The summed E-state index contributed by atoms with van der Waals surface area (Å²) >= 11 is 0. The number of imidazole rings is 1. The second kappa shape index (κ2) is 5.65. The quantitative estimate of drug-likeness (QED) is 0.860. The molecule has 1 aliphatic rings. The zero-order valence-electron chi connectivity index (χ0n) is 10.8. The van der Waals surface area contributed by atoms with Crippen LogP contribution in [0.4, 0.5) is 0 Å². The number of aryl methyl sites for hydroxylation is 1. The summed E-state index contributed by atoms with van der Waals surface area (Å²) in [4.78, 5) is 6.76. The third-order valence-electron chi connectivity index (χ3n) is 4.01. The van der Waals surface area contributed by atoms with E-state index < -0.39 is 0 Å². The van der Waals surface area contributed by atoms with Crippen LogP contribution in [0.5, 0.6) is 0 Å². The lowest BCUT2D eigenvalue weighted by molar-refractivity contribution is 0.122. The standard InChI is InChI=1S/C13H23N3O/c1-15-8-7-14-13(15)9-16(2)12-5-3-11(10-17)4-6-12/h7-8,11-12,17H,3-6,9-10H2,1-2H3. The molecular formula is C13H23N3O. The molecule has 1 N–H and O–H groups in total. The first kappa shape index (κ1) is 12.6. The molecule has 0 unspecified atom stereocenters. The second-order valence-corrected chi connectivity index (χ2v) is 5.23. The predicted molar refractivity (Wildman–Crippen MR) is 67.5 cm³/mol. The van der Waals surface area contributed by atoms with E-state index in [1.165, 1.54) is 12.8 Å². The Balaban J connectivity index is 1.85. The Hall–Kier alpha value is -0.870. The van der Waals surface area contributed by atoms with Crippen LogP contribution in [0.2, 0.25) is 0 Å². The summed E-state index contributed by atoms with van der Waals surface area (Å²) in [5.74, 6) is 1.66. The molecule has 0 aliphatic heterocycles. The van der Waals surface area contributed by atoms with Crippen molar-refractivity contribution in [3.63, 3.8) is 0 Å². The van der Waals surface area contributed by atoms with Crippen LogP contribution in [0, 0.1) is 5.92 Å². The van der Waals surface area contributed by atoms with Crippen LogP contribution in [0.3, 0.4) is 0 Å². The molecule has 1 aromatic heterocycles. The van der Waals surface area contributed by atoms with Gasteiger partial charge in [-0.2, -0.15) is 0 Å². The molecule has 0 saturated heterocycles. The number of rotatable bonds is 4. The predicted octanol–water partition coefficient (Wildman–Crippen LogP) is 1.40. The van der Waals surface area contributed by atoms with Gasteiger partial charge in [0.2, 0.25) is 0 Å². The molecule has 0 amide bonds. The topological polar surface area (TPSA) is 41.3 Å². The van der Waals surface area contributed by atoms with Crippen molar-refractivity contribution < 1.29 is 5.11 Å². The van der Waals surface area contributed by atoms with Crippen LogP contribution < -0.4 is 0 Å². The number of aliphatic hydroxyl groups is 1. The number of nitrogens with zero attached hydrogens (tertiary/aromatic N) is 3. The molecule has 17 heavy (non-hydrogen) atoms. The first-order chi connectivity index (χ1) is 8.20. The summed E-state index contributed by atoms with van der Waals surface area (Å²) in [6.07, 6.45) is 8.56. The summed E-state index contributed by atoms with van der Waals surface area (Å²) in [5, 5.41) is 9.13. The number of hydrogen-bond acceptors (Lipinski definition) is 3. The van der Waals surface area contributed by atoms with Gasteiger partial charge in [-0.25, -0.2) is 4.98 Å². The molecule has 4 heteroatoms. The maximum absolute atomic E-state index is 9.13. The zero-order chi connectivity index (χ0) is 12.3. The maximum atomic E-state index is 9.13. The van der Waals surface area contributed by atoms with E-state index in [1.54, 1.807) is 0 Å². The fourth-order valence-electron chi connectivity index (χ4n) is 2.67. The molecule has 4 nitrogen and oxygen atoms in total. The van der Waals surface area contributed by atoms with Crippen molar-refractivity contribution in [3.8, 4) is 0 Å². The molecule has 1 heterocycles. The van der Waals surface area contributed by atoms with E-state index in [2.05, 4.69) is 21.5 Å². The van der Waals surface area contributed by atoms with Gasteiger partial charge in [-0.15, -0.1) is 0 Å². The lowest BCUT2D eigenvalue weighted by Gasteiger charge is -2.33. The van der Waals surface area contributed by atoms with Crippen LogP contribution in [0.25, 0.3) is 0 Å². The third-order valence-corrected chi connectivity index (χ3v) is 4.01. The maximum Gasteiger partial charge on any atom is 0.122 e. The molecule has 0 atom stereocenters. The van der Waals surface area contributed by atoms with Crippen LogP contribution in [-0.4, -0.2) is 39.3 Å². The summed E-state index contributed by atoms with van der Waals surface area (Å²) in [7, 11) is 4.22. The van der Waals surface area contributed by atoms with Gasteiger partial charge in [0, 0.05) is 32.1 Å². The highest BCUT2D eigenvalue weighted by atomic mass is 16.3. The molecule has 2 rings (SSSR count). The van der Waals surface area contributed by atoms with E-state index in [4.69, 9.17) is 5.11 Å². The van der Waals surface area contributed by atoms with E-state index in [0.29, 0.717) is 18.6 Å². The number of aliphatic hydroxyl groups excluding tert-OH is 1. The van der Waals surface area contributed by atoms with Gasteiger partial charge < -0.3 is 9.67 Å². The molecule has 1 aromatic rings. The lowest BCUT2D eigenvalue weighted by atomic mass is 9.86. The van der Waals surface area contributed by atoms with Gasteiger partial charge >= 0.3 is 0 Å². The fourth-order valence-corrected chi connectivity index (χ4v) is 2.67. The Morgan fingerprint density at radius 3 is 2.65 bits per heavy atom. The van der Waals surface area contributed by atoms with Gasteiger partial charge in [-0.1, -0.05) is 0 Å². The van der Waals surface area contributed by atoms with Crippen molar-refractivity contribution in [2.24, 2.45) is 13.0 Å². The lowest BCUT2D eigenvalue weighted by Crippen LogP contribution is -2.35. The Morgan fingerprint density at radius 2 is 2.12 bits per heavy atom. The zero-order valence-corrected chi connectivity index (χ0v) is 10.8. The highest BCUT2D eigenvalue weighted by molar-refractivity contribution is 4.92. The molecule has 1 fully saturated rings. The first-order valence-electron chi connectivity index (χ1n) is 6.48. The average Bonchev–Trinajstić information content (AvgIpc) is 2.75. The van der Waals surface area contributed by atoms with E-state index in [9.17, 15) is 0 Å². The largest absolute Gasteiger partial charge is 0.396 e. The van der Waals surface area contributed by atoms with Crippen LogP contribution in [0.1, 0.15) is 31.5 Å². The summed E-state index contributed by atoms with van der Waals surface area (Å²) in [6.45, 7) is 1.27. The minimum atomic E-state index is 0.357. The van der Waals surface area contributed by atoms with Crippen molar-refractivity contribution in [2.75, 3.05) is 13.7 Å². The van der Waals surface area contributed by atoms with Crippen molar-refractivity contribution in [1.29, 1.82) is 0 Å². The van der Waals surface area contributed by atoms with Crippen molar-refractivity contribution >= 4 is 0 Å².